The van der Waals surface area contributed by atoms with E-state index in [0.717, 1.165) is 44.7 Å². The monoisotopic (exact) mass is 372 g/mol. The number of carbonyl (C=O) groups is 1. The van der Waals surface area contributed by atoms with Crippen LogP contribution in [0.1, 0.15) is 56.9 Å². The summed E-state index contributed by atoms with van der Waals surface area (Å²) < 4.78 is -0.219. The molecule has 1 aliphatic heterocycles. The lowest BCUT2D eigenvalue weighted by molar-refractivity contribution is -0.134. The zero-order valence-electron chi connectivity index (χ0n) is 16.0. The number of carbonyl (C=O) groups excluding carboxylic acids is 1. The van der Waals surface area contributed by atoms with E-state index in [1.54, 1.807) is 0 Å². The molecule has 142 valence electrons. The molecule has 1 heterocycles. The summed E-state index contributed by atoms with van der Waals surface area (Å²) >= 11 is 1.83. The Bertz CT molecular complexity index is 612. The summed E-state index contributed by atoms with van der Waals surface area (Å²) in [6, 6.07) is 9.30. The summed E-state index contributed by atoms with van der Waals surface area (Å²) in [5, 5.41) is 3.72. The van der Waals surface area contributed by atoms with E-state index in [2.05, 4.69) is 41.4 Å². The highest BCUT2D eigenvalue weighted by molar-refractivity contribution is 8.01. The van der Waals surface area contributed by atoms with E-state index < -0.39 is 0 Å². The van der Waals surface area contributed by atoms with Crippen molar-refractivity contribution in [3.05, 3.63) is 29.8 Å². The van der Waals surface area contributed by atoms with Crippen molar-refractivity contribution in [1.29, 1.82) is 0 Å². The third kappa shape index (κ3) is 4.28. The molecule has 0 aromatic heterocycles. The summed E-state index contributed by atoms with van der Waals surface area (Å²) in [7, 11) is 0. The van der Waals surface area contributed by atoms with Crippen LogP contribution in [0.5, 0.6) is 0 Å². The lowest BCUT2D eigenvalue weighted by atomic mass is 10.00. The van der Waals surface area contributed by atoms with Crippen LogP contribution in [-0.2, 0) is 4.79 Å². The maximum absolute atomic E-state index is 13.5. The quantitative estimate of drug-likeness (QED) is 0.804. The molecule has 1 amide bonds. The SMILES string of the molecule is Cc1ccc(SC2(C(=O)N3CCC(NCC4CC4)CC3)CCCC2)cc1. The standard InChI is InChI=1S/C22H32N2OS/c1-17-4-8-20(9-5-17)26-22(12-2-3-13-22)21(25)24-14-10-19(11-15-24)23-16-18-6-7-18/h4-5,8-9,18-19,23H,2-3,6-7,10-16H2,1H3. The topological polar surface area (TPSA) is 32.3 Å². The van der Waals surface area contributed by atoms with Gasteiger partial charge in [0.2, 0.25) is 5.91 Å². The fourth-order valence-electron chi connectivity index (χ4n) is 4.37. The zero-order valence-corrected chi connectivity index (χ0v) is 16.8. The molecule has 0 atom stereocenters. The summed E-state index contributed by atoms with van der Waals surface area (Å²) in [5.41, 5.74) is 1.28. The Hall–Kier alpha value is -1.00. The van der Waals surface area contributed by atoms with Gasteiger partial charge in [-0.3, -0.25) is 4.79 Å². The van der Waals surface area contributed by atoms with Crippen LogP contribution in [0.3, 0.4) is 0 Å². The fraction of sp³-hybridized carbons (Fsp3) is 0.682. The second-order valence-corrected chi connectivity index (χ2v) is 9.99. The number of nitrogens with zero attached hydrogens (tertiary/aromatic N) is 1. The third-order valence-corrected chi connectivity index (χ3v) is 7.79. The molecule has 2 aliphatic carbocycles. The Morgan fingerprint density at radius 1 is 1.12 bits per heavy atom. The van der Waals surface area contributed by atoms with E-state index >= 15 is 0 Å². The van der Waals surface area contributed by atoms with Crippen molar-refractivity contribution in [3.8, 4) is 0 Å². The first-order valence-corrected chi connectivity index (χ1v) is 11.2. The maximum Gasteiger partial charge on any atom is 0.239 e. The number of piperidine rings is 1. The zero-order chi connectivity index (χ0) is 18.0. The van der Waals surface area contributed by atoms with Gasteiger partial charge in [-0.25, -0.2) is 0 Å². The third-order valence-electron chi connectivity index (χ3n) is 6.31. The molecule has 0 unspecified atom stereocenters. The first-order valence-electron chi connectivity index (χ1n) is 10.4. The van der Waals surface area contributed by atoms with Crippen molar-refractivity contribution in [3.63, 3.8) is 0 Å². The van der Waals surface area contributed by atoms with Crippen LogP contribution in [0.4, 0.5) is 0 Å². The fourth-order valence-corrected chi connectivity index (χ4v) is 5.80. The number of thioether (sulfide) groups is 1. The van der Waals surface area contributed by atoms with E-state index in [4.69, 9.17) is 0 Å². The van der Waals surface area contributed by atoms with Gasteiger partial charge in [-0.2, -0.15) is 0 Å². The molecule has 0 radical (unpaired) electrons. The minimum atomic E-state index is -0.219. The Kier molecular flexibility index (Phi) is 5.61. The summed E-state index contributed by atoms with van der Waals surface area (Å²) in [6.45, 7) is 5.16. The highest BCUT2D eigenvalue weighted by atomic mass is 32.2. The van der Waals surface area contributed by atoms with Gasteiger partial charge in [-0.1, -0.05) is 30.5 Å². The minimum absolute atomic E-state index is 0.219. The smallest absolute Gasteiger partial charge is 0.239 e. The summed E-state index contributed by atoms with van der Waals surface area (Å²) in [6.07, 6.45) is 9.47. The van der Waals surface area contributed by atoms with Gasteiger partial charge in [0, 0.05) is 24.0 Å². The van der Waals surface area contributed by atoms with Crippen molar-refractivity contribution >= 4 is 17.7 Å². The van der Waals surface area contributed by atoms with Crippen LogP contribution in [-0.4, -0.2) is 41.2 Å². The van der Waals surface area contributed by atoms with Crippen LogP contribution in [0.25, 0.3) is 0 Å². The molecule has 1 N–H and O–H groups in total. The Labute approximate surface area is 162 Å². The predicted molar refractivity (Wildman–Crippen MR) is 109 cm³/mol. The summed E-state index contributed by atoms with van der Waals surface area (Å²) in [5.74, 6) is 1.34. The predicted octanol–water partition coefficient (Wildman–Crippen LogP) is 4.39. The van der Waals surface area contributed by atoms with E-state index in [0.29, 0.717) is 11.9 Å². The van der Waals surface area contributed by atoms with E-state index in [9.17, 15) is 4.79 Å². The Morgan fingerprint density at radius 3 is 2.38 bits per heavy atom. The maximum atomic E-state index is 13.5. The van der Waals surface area contributed by atoms with Gasteiger partial charge >= 0.3 is 0 Å². The molecular weight excluding hydrogens is 340 g/mol. The van der Waals surface area contributed by atoms with E-state index in [-0.39, 0.29) is 4.75 Å². The molecule has 3 fully saturated rings. The number of benzene rings is 1. The number of amides is 1. The largest absolute Gasteiger partial charge is 0.341 e. The molecule has 3 nitrogen and oxygen atoms in total. The van der Waals surface area contributed by atoms with Gasteiger partial charge in [0.1, 0.15) is 0 Å². The first-order chi connectivity index (χ1) is 12.6. The molecule has 0 spiro atoms. The number of hydrogen-bond donors (Lipinski definition) is 1. The van der Waals surface area contributed by atoms with Crippen molar-refractivity contribution in [2.75, 3.05) is 19.6 Å². The number of hydrogen-bond acceptors (Lipinski definition) is 3. The average Bonchev–Trinajstić information content (AvgIpc) is 3.38. The van der Waals surface area contributed by atoms with Crippen molar-refractivity contribution in [1.82, 2.24) is 10.2 Å². The molecule has 3 aliphatic rings. The van der Waals surface area contributed by atoms with E-state index in [1.807, 2.05) is 11.8 Å². The molecule has 2 saturated carbocycles. The van der Waals surface area contributed by atoms with Gasteiger partial charge in [0.05, 0.1) is 4.75 Å². The number of aryl methyl sites for hydroxylation is 1. The van der Waals surface area contributed by atoms with E-state index in [1.165, 1.54) is 42.7 Å². The molecule has 4 rings (SSSR count). The minimum Gasteiger partial charge on any atom is -0.341 e. The normalized spacial score (nSPS) is 23.3. The van der Waals surface area contributed by atoms with Crippen molar-refractivity contribution < 1.29 is 4.79 Å². The number of likely N-dealkylation sites (tertiary alicyclic amines) is 1. The molecular formula is C22H32N2OS. The van der Waals surface area contributed by atoms with Crippen LogP contribution >= 0.6 is 11.8 Å². The van der Waals surface area contributed by atoms with Gasteiger partial charge in [-0.15, -0.1) is 11.8 Å². The van der Waals surface area contributed by atoms with Crippen LogP contribution < -0.4 is 5.32 Å². The lowest BCUT2D eigenvalue weighted by Crippen LogP contribution is -2.51. The highest BCUT2D eigenvalue weighted by Crippen LogP contribution is 2.46. The second-order valence-electron chi connectivity index (χ2n) is 8.53. The van der Waals surface area contributed by atoms with Crippen molar-refractivity contribution in [2.24, 2.45) is 5.92 Å². The van der Waals surface area contributed by atoms with Crippen LogP contribution in [0.15, 0.2) is 29.2 Å². The molecule has 4 heteroatoms. The molecule has 1 saturated heterocycles. The van der Waals surface area contributed by atoms with Gasteiger partial charge in [-0.05, 0) is 70.0 Å². The number of rotatable bonds is 6. The van der Waals surface area contributed by atoms with Gasteiger partial charge < -0.3 is 10.2 Å². The van der Waals surface area contributed by atoms with Gasteiger partial charge in [0.15, 0.2) is 0 Å². The number of nitrogens with one attached hydrogen (secondary N) is 1. The molecule has 26 heavy (non-hydrogen) atoms. The molecule has 1 aromatic rings. The van der Waals surface area contributed by atoms with Gasteiger partial charge in [0.25, 0.3) is 0 Å². The average molecular weight is 373 g/mol. The Balaban J connectivity index is 1.37. The van der Waals surface area contributed by atoms with Crippen LogP contribution in [0, 0.1) is 12.8 Å². The lowest BCUT2D eigenvalue weighted by Gasteiger charge is -2.38. The Morgan fingerprint density at radius 2 is 1.77 bits per heavy atom. The van der Waals surface area contributed by atoms with Crippen molar-refractivity contribution in [2.45, 2.75) is 74.0 Å². The first kappa shape index (κ1) is 18.4. The highest BCUT2D eigenvalue weighted by Gasteiger charge is 2.45. The molecule has 1 aromatic carbocycles. The molecule has 0 bridgehead atoms. The van der Waals surface area contributed by atoms with Crippen LogP contribution in [0.2, 0.25) is 0 Å². The second kappa shape index (κ2) is 7.93. The summed E-state index contributed by atoms with van der Waals surface area (Å²) in [4.78, 5) is 16.9.